The number of nitrogens with zero attached hydrogens (tertiary/aromatic N) is 2. The van der Waals surface area contributed by atoms with Gasteiger partial charge in [0.1, 0.15) is 0 Å². The second-order valence-corrected chi connectivity index (χ2v) is 8.25. The second kappa shape index (κ2) is 7.56. The summed E-state index contributed by atoms with van der Waals surface area (Å²) in [5, 5.41) is 0.686. The highest BCUT2D eigenvalue weighted by atomic mass is 35.5. The summed E-state index contributed by atoms with van der Waals surface area (Å²) in [6.45, 7) is 4.68. The van der Waals surface area contributed by atoms with E-state index in [0.29, 0.717) is 43.2 Å². The van der Waals surface area contributed by atoms with Crippen molar-refractivity contribution in [2.45, 2.75) is 25.4 Å². The Hall–Kier alpha value is -2.21. The van der Waals surface area contributed by atoms with Crippen LogP contribution in [0.4, 0.5) is 18.9 Å². The van der Waals surface area contributed by atoms with Gasteiger partial charge in [-0.25, -0.2) is 0 Å². The van der Waals surface area contributed by atoms with Crippen LogP contribution in [0.1, 0.15) is 29.0 Å². The van der Waals surface area contributed by atoms with E-state index in [4.69, 9.17) is 11.6 Å². The lowest BCUT2D eigenvalue weighted by atomic mass is 10.0. The van der Waals surface area contributed by atoms with Crippen LogP contribution in [0.5, 0.6) is 0 Å². The smallest absolute Gasteiger partial charge is 0.368 e. The lowest BCUT2D eigenvalue weighted by Crippen LogP contribution is -2.49. The first-order valence-electron chi connectivity index (χ1n) is 9.71. The van der Waals surface area contributed by atoms with Gasteiger partial charge in [-0.3, -0.25) is 4.79 Å². The molecule has 1 saturated carbocycles. The zero-order chi connectivity index (χ0) is 20.8. The minimum Gasteiger partial charge on any atom is -0.368 e. The Morgan fingerprint density at radius 1 is 1.07 bits per heavy atom. The number of carbonyl (C=O) groups excluding carboxylic acids is 1. The van der Waals surface area contributed by atoms with Gasteiger partial charge >= 0.3 is 6.18 Å². The quantitative estimate of drug-likeness (QED) is 0.685. The van der Waals surface area contributed by atoms with E-state index in [-0.39, 0.29) is 17.7 Å². The van der Waals surface area contributed by atoms with Gasteiger partial charge in [-0.05, 0) is 48.6 Å². The minimum atomic E-state index is -4.36. The van der Waals surface area contributed by atoms with Crippen molar-refractivity contribution in [2.75, 3.05) is 31.1 Å². The maximum Gasteiger partial charge on any atom is 0.416 e. The third kappa shape index (κ3) is 4.22. The Kier molecular flexibility index (Phi) is 5.23. The molecule has 0 N–H and O–H groups in total. The van der Waals surface area contributed by atoms with Gasteiger partial charge in [-0.15, -0.1) is 0 Å². The number of hydrogen-bond acceptors (Lipinski definition) is 2. The molecule has 1 saturated heterocycles. The van der Waals surface area contributed by atoms with E-state index in [1.54, 1.807) is 6.07 Å². The van der Waals surface area contributed by atoms with Gasteiger partial charge in [-0.2, -0.15) is 13.2 Å². The highest BCUT2D eigenvalue weighted by molar-refractivity contribution is 6.30. The largest absolute Gasteiger partial charge is 0.416 e. The molecule has 3 nitrogen and oxygen atoms in total. The molecule has 2 aliphatic rings. The molecule has 29 heavy (non-hydrogen) atoms. The van der Waals surface area contributed by atoms with Gasteiger partial charge in [0.25, 0.3) is 0 Å². The summed E-state index contributed by atoms with van der Waals surface area (Å²) in [4.78, 5) is 16.9. The molecule has 2 aromatic rings. The Balaban J connectivity index is 1.37. The predicted molar refractivity (Wildman–Crippen MR) is 107 cm³/mol. The molecule has 0 bridgehead atoms. The van der Waals surface area contributed by atoms with Gasteiger partial charge in [0.15, 0.2) is 0 Å². The molecule has 4 rings (SSSR count). The normalized spacial score (nSPS) is 22.0. The molecule has 2 atom stereocenters. The van der Waals surface area contributed by atoms with Gasteiger partial charge in [0, 0.05) is 42.8 Å². The van der Waals surface area contributed by atoms with Crippen molar-refractivity contribution in [2.24, 2.45) is 5.92 Å². The fourth-order valence-electron chi connectivity index (χ4n) is 4.11. The number of benzene rings is 2. The van der Waals surface area contributed by atoms with E-state index >= 15 is 0 Å². The SMILES string of the molecule is Cc1ccc(Cl)cc1N1CCN(C(=O)[C@H]2CC2c2cccc(C(F)(F)F)c2)CC1. The third-order valence-electron chi connectivity index (χ3n) is 5.85. The molecule has 0 aromatic heterocycles. The molecule has 1 unspecified atom stereocenters. The van der Waals surface area contributed by atoms with Crippen LogP contribution < -0.4 is 4.90 Å². The number of aryl methyl sites for hydroxylation is 1. The van der Waals surface area contributed by atoms with E-state index in [1.807, 2.05) is 30.0 Å². The lowest BCUT2D eigenvalue weighted by molar-refractivity contribution is -0.137. The molecule has 1 aliphatic carbocycles. The number of amides is 1. The van der Waals surface area contributed by atoms with E-state index in [2.05, 4.69) is 4.90 Å². The fourth-order valence-corrected chi connectivity index (χ4v) is 4.27. The van der Waals surface area contributed by atoms with E-state index in [1.165, 1.54) is 12.1 Å². The van der Waals surface area contributed by atoms with Crippen molar-refractivity contribution < 1.29 is 18.0 Å². The van der Waals surface area contributed by atoms with E-state index < -0.39 is 11.7 Å². The number of hydrogen-bond donors (Lipinski definition) is 0. The molecular weight excluding hydrogens is 401 g/mol. The molecule has 1 aliphatic heterocycles. The summed E-state index contributed by atoms with van der Waals surface area (Å²) >= 11 is 6.12. The maximum atomic E-state index is 12.9. The molecule has 0 spiro atoms. The number of halogens is 4. The summed E-state index contributed by atoms with van der Waals surface area (Å²) in [5.74, 6) is -0.272. The Morgan fingerprint density at radius 2 is 1.79 bits per heavy atom. The standard InChI is InChI=1S/C22H22ClF3N2O/c1-14-5-6-17(23)12-20(14)27-7-9-28(10-8-27)21(29)19-13-18(19)15-3-2-4-16(11-15)22(24,25)26/h2-6,11-12,18-19H,7-10,13H2,1H3/t18?,19-/m0/s1. The maximum absolute atomic E-state index is 12.9. The molecular formula is C22H22ClF3N2O. The molecule has 2 aromatic carbocycles. The third-order valence-corrected chi connectivity index (χ3v) is 6.09. The van der Waals surface area contributed by atoms with Crippen molar-refractivity contribution >= 4 is 23.2 Å². The van der Waals surface area contributed by atoms with Crippen molar-refractivity contribution in [3.8, 4) is 0 Å². The summed E-state index contributed by atoms with van der Waals surface area (Å²) in [5.41, 5.74) is 2.17. The zero-order valence-corrected chi connectivity index (χ0v) is 16.8. The van der Waals surface area contributed by atoms with Crippen LogP contribution in [0.3, 0.4) is 0 Å². The van der Waals surface area contributed by atoms with Crippen molar-refractivity contribution in [3.05, 3.63) is 64.2 Å². The highest BCUT2D eigenvalue weighted by Gasteiger charge is 2.46. The van der Waals surface area contributed by atoms with Crippen LogP contribution in [0.2, 0.25) is 5.02 Å². The van der Waals surface area contributed by atoms with Gasteiger partial charge < -0.3 is 9.80 Å². The number of alkyl halides is 3. The molecule has 154 valence electrons. The number of anilines is 1. The topological polar surface area (TPSA) is 23.6 Å². The van der Waals surface area contributed by atoms with Crippen molar-refractivity contribution in [3.63, 3.8) is 0 Å². The molecule has 1 heterocycles. The minimum absolute atomic E-state index is 0.0508. The average Bonchev–Trinajstić information content (AvgIpc) is 3.50. The monoisotopic (exact) mass is 422 g/mol. The number of rotatable bonds is 3. The van der Waals surface area contributed by atoms with Crippen molar-refractivity contribution in [1.29, 1.82) is 0 Å². The van der Waals surface area contributed by atoms with Crippen LogP contribution in [-0.4, -0.2) is 37.0 Å². The highest BCUT2D eigenvalue weighted by Crippen LogP contribution is 2.49. The molecule has 0 radical (unpaired) electrons. The fraction of sp³-hybridized carbons (Fsp3) is 0.409. The van der Waals surface area contributed by atoms with Gasteiger partial charge in [-0.1, -0.05) is 35.9 Å². The molecule has 2 fully saturated rings. The lowest BCUT2D eigenvalue weighted by Gasteiger charge is -2.37. The summed E-state index contributed by atoms with van der Waals surface area (Å²) < 4.78 is 38.8. The number of carbonyl (C=O) groups is 1. The number of piperazine rings is 1. The zero-order valence-electron chi connectivity index (χ0n) is 16.0. The van der Waals surface area contributed by atoms with Gasteiger partial charge in [0.05, 0.1) is 5.56 Å². The van der Waals surface area contributed by atoms with Crippen LogP contribution in [0.15, 0.2) is 42.5 Å². The summed E-state index contributed by atoms with van der Waals surface area (Å²) in [6.07, 6.45) is -3.74. The predicted octanol–water partition coefficient (Wildman–Crippen LogP) is 5.12. The first-order chi connectivity index (χ1) is 13.7. The van der Waals surface area contributed by atoms with Crippen molar-refractivity contribution in [1.82, 2.24) is 4.90 Å². The van der Waals surface area contributed by atoms with E-state index in [9.17, 15) is 18.0 Å². The van der Waals surface area contributed by atoms with Crippen LogP contribution in [0, 0.1) is 12.8 Å². The summed E-state index contributed by atoms with van der Waals surface area (Å²) in [7, 11) is 0. The average molecular weight is 423 g/mol. The van der Waals surface area contributed by atoms with Crippen LogP contribution in [0.25, 0.3) is 0 Å². The Labute approximate surface area is 173 Å². The second-order valence-electron chi connectivity index (χ2n) is 7.82. The Bertz CT molecular complexity index is 923. The first-order valence-corrected chi connectivity index (χ1v) is 10.1. The van der Waals surface area contributed by atoms with Crippen LogP contribution in [-0.2, 0) is 11.0 Å². The Morgan fingerprint density at radius 3 is 2.48 bits per heavy atom. The molecule has 7 heteroatoms. The van der Waals surface area contributed by atoms with Crippen LogP contribution >= 0.6 is 11.6 Å². The molecule has 1 amide bonds. The van der Waals surface area contributed by atoms with Gasteiger partial charge in [0.2, 0.25) is 5.91 Å². The summed E-state index contributed by atoms with van der Waals surface area (Å²) in [6, 6.07) is 11.1. The van der Waals surface area contributed by atoms with E-state index in [0.717, 1.165) is 17.3 Å². The first kappa shape index (κ1) is 20.1.